The lowest BCUT2D eigenvalue weighted by molar-refractivity contribution is -0.141. The molecule has 2 aromatic rings. The van der Waals surface area contributed by atoms with Gasteiger partial charge in [-0.3, -0.25) is 0 Å². The van der Waals surface area contributed by atoms with Crippen LogP contribution in [0.2, 0.25) is 0 Å². The average Bonchev–Trinajstić information content (AvgIpc) is 3.01. The molecule has 0 fully saturated rings. The molecule has 0 spiro atoms. The van der Waals surface area contributed by atoms with Crippen molar-refractivity contribution >= 4 is 17.5 Å². The van der Waals surface area contributed by atoms with Crippen LogP contribution in [-0.2, 0) is 6.18 Å². The summed E-state index contributed by atoms with van der Waals surface area (Å²) in [6.07, 6.45) is -3.84. The lowest BCUT2D eigenvalue weighted by atomic mass is 10.2. The Bertz CT molecular complexity index is 768. The molecule has 0 aliphatic carbocycles. The molecule has 0 saturated carbocycles. The summed E-state index contributed by atoms with van der Waals surface area (Å²) in [5.41, 5.74) is -0.484. The molecule has 2 N–H and O–H groups in total. The summed E-state index contributed by atoms with van der Waals surface area (Å²) in [5.74, 6) is 1.07. The van der Waals surface area contributed by atoms with Gasteiger partial charge in [0.1, 0.15) is 5.82 Å². The van der Waals surface area contributed by atoms with Gasteiger partial charge in [-0.05, 0) is 25.5 Å². The van der Waals surface area contributed by atoms with Crippen molar-refractivity contribution < 1.29 is 22.6 Å². The van der Waals surface area contributed by atoms with Crippen LogP contribution in [0.15, 0.2) is 24.3 Å². The van der Waals surface area contributed by atoms with Crippen molar-refractivity contribution in [3.05, 3.63) is 30.0 Å². The van der Waals surface area contributed by atoms with Gasteiger partial charge in [-0.1, -0.05) is 6.92 Å². The van der Waals surface area contributed by atoms with Crippen LogP contribution in [-0.4, -0.2) is 22.8 Å². The first-order valence-electron chi connectivity index (χ1n) is 7.74. The molecule has 2 heterocycles. The third-order valence-corrected chi connectivity index (χ3v) is 3.65. The Hall–Kier alpha value is -2.71. The first-order valence-corrected chi connectivity index (χ1v) is 7.74. The summed E-state index contributed by atoms with van der Waals surface area (Å²) in [6, 6.07) is 5.80. The molecule has 6 nitrogen and oxygen atoms in total. The first-order chi connectivity index (χ1) is 11.8. The molecule has 1 aliphatic heterocycles. The van der Waals surface area contributed by atoms with Crippen LogP contribution < -0.4 is 20.1 Å². The lowest BCUT2D eigenvalue weighted by Crippen LogP contribution is -2.18. The summed E-state index contributed by atoms with van der Waals surface area (Å²) >= 11 is 0. The Kier molecular flexibility index (Phi) is 4.56. The second kappa shape index (κ2) is 6.66. The van der Waals surface area contributed by atoms with Gasteiger partial charge in [-0.25, -0.2) is 4.98 Å². The molecule has 1 aromatic heterocycles. The predicted molar refractivity (Wildman–Crippen MR) is 86.3 cm³/mol. The number of halogens is 3. The highest BCUT2D eigenvalue weighted by Crippen LogP contribution is 2.36. The van der Waals surface area contributed by atoms with Crippen molar-refractivity contribution in [2.45, 2.75) is 32.5 Å². The molecule has 1 atom stereocenters. The topological polar surface area (TPSA) is 68.3 Å². The van der Waals surface area contributed by atoms with Gasteiger partial charge in [0, 0.05) is 23.9 Å². The molecular formula is C16H17F3N4O2. The van der Waals surface area contributed by atoms with Crippen LogP contribution in [0.3, 0.4) is 0 Å². The molecule has 0 unspecified atom stereocenters. The van der Waals surface area contributed by atoms with E-state index in [-0.39, 0.29) is 24.6 Å². The second-order valence-electron chi connectivity index (χ2n) is 5.61. The van der Waals surface area contributed by atoms with Gasteiger partial charge in [-0.2, -0.15) is 18.2 Å². The minimum Gasteiger partial charge on any atom is -0.454 e. The molecular weight excluding hydrogens is 337 g/mol. The average molecular weight is 354 g/mol. The Morgan fingerprint density at radius 2 is 1.92 bits per heavy atom. The maximum atomic E-state index is 13.1. The molecule has 0 amide bonds. The van der Waals surface area contributed by atoms with E-state index in [0.717, 1.165) is 12.5 Å². The molecule has 0 bridgehead atoms. The van der Waals surface area contributed by atoms with Gasteiger partial charge >= 0.3 is 6.18 Å². The number of hydrogen-bond donors (Lipinski definition) is 2. The largest absolute Gasteiger partial charge is 0.454 e. The normalized spacial score (nSPS) is 14.3. The van der Waals surface area contributed by atoms with E-state index in [1.165, 1.54) is 0 Å². The minimum atomic E-state index is -4.57. The number of anilines is 3. The summed E-state index contributed by atoms with van der Waals surface area (Å²) in [7, 11) is 0. The standard InChI is InChI=1S/C16H17F3N4O2/c1-3-9(2)20-15-22-13(16(17,18)19)7-14(23-15)21-10-4-5-11-12(6-10)25-8-24-11/h4-7,9H,3,8H2,1-2H3,(H2,20,21,22,23)/t9-/m0/s1. The van der Waals surface area contributed by atoms with Crippen molar-refractivity contribution in [3.63, 3.8) is 0 Å². The summed E-state index contributed by atoms with van der Waals surface area (Å²) in [4.78, 5) is 7.68. The zero-order chi connectivity index (χ0) is 18.0. The highest BCUT2D eigenvalue weighted by atomic mass is 19.4. The fourth-order valence-corrected chi connectivity index (χ4v) is 2.17. The maximum Gasteiger partial charge on any atom is 0.433 e. The molecule has 3 rings (SSSR count). The van der Waals surface area contributed by atoms with Crippen LogP contribution in [0.1, 0.15) is 26.0 Å². The van der Waals surface area contributed by atoms with Crippen LogP contribution in [0, 0.1) is 0 Å². The van der Waals surface area contributed by atoms with Crippen LogP contribution >= 0.6 is 0 Å². The summed E-state index contributed by atoms with van der Waals surface area (Å²) in [5, 5.41) is 5.72. The van der Waals surface area contributed by atoms with Crippen molar-refractivity contribution in [2.75, 3.05) is 17.4 Å². The number of fused-ring (bicyclic) bond motifs is 1. The van der Waals surface area contributed by atoms with Gasteiger partial charge in [0.2, 0.25) is 12.7 Å². The zero-order valence-electron chi connectivity index (χ0n) is 13.6. The molecule has 0 saturated heterocycles. The fraction of sp³-hybridized carbons (Fsp3) is 0.375. The van der Waals surface area contributed by atoms with E-state index < -0.39 is 11.9 Å². The summed E-state index contributed by atoms with van der Waals surface area (Å²) in [6.45, 7) is 3.87. The number of benzene rings is 1. The predicted octanol–water partition coefficient (Wildman–Crippen LogP) is 4.18. The monoisotopic (exact) mass is 354 g/mol. The van der Waals surface area contributed by atoms with E-state index in [9.17, 15) is 13.2 Å². The van der Waals surface area contributed by atoms with E-state index in [2.05, 4.69) is 20.6 Å². The van der Waals surface area contributed by atoms with Crippen LogP contribution in [0.4, 0.5) is 30.6 Å². The molecule has 1 aliphatic rings. The smallest absolute Gasteiger partial charge is 0.433 e. The Morgan fingerprint density at radius 1 is 1.16 bits per heavy atom. The maximum absolute atomic E-state index is 13.1. The van der Waals surface area contributed by atoms with E-state index in [1.807, 2.05) is 13.8 Å². The Morgan fingerprint density at radius 3 is 2.64 bits per heavy atom. The number of nitrogens with one attached hydrogen (secondary N) is 2. The fourth-order valence-electron chi connectivity index (χ4n) is 2.17. The van der Waals surface area contributed by atoms with Crippen molar-refractivity contribution in [1.82, 2.24) is 9.97 Å². The highest BCUT2D eigenvalue weighted by Gasteiger charge is 2.34. The first kappa shape index (κ1) is 17.1. The number of nitrogens with zero attached hydrogens (tertiary/aromatic N) is 2. The van der Waals surface area contributed by atoms with Gasteiger partial charge in [0.05, 0.1) is 0 Å². The number of alkyl halides is 3. The van der Waals surface area contributed by atoms with E-state index in [4.69, 9.17) is 9.47 Å². The molecule has 1 aromatic carbocycles. The quantitative estimate of drug-likeness (QED) is 0.840. The number of aromatic nitrogens is 2. The lowest BCUT2D eigenvalue weighted by Gasteiger charge is -2.15. The number of ether oxygens (including phenoxy) is 2. The highest BCUT2D eigenvalue weighted by molar-refractivity contribution is 5.62. The number of rotatable bonds is 5. The van der Waals surface area contributed by atoms with E-state index >= 15 is 0 Å². The number of hydrogen-bond acceptors (Lipinski definition) is 6. The minimum absolute atomic E-state index is 0.0343. The third kappa shape index (κ3) is 4.04. The van der Waals surface area contributed by atoms with Crippen molar-refractivity contribution in [2.24, 2.45) is 0 Å². The third-order valence-electron chi connectivity index (χ3n) is 3.65. The zero-order valence-corrected chi connectivity index (χ0v) is 13.6. The van der Waals surface area contributed by atoms with Crippen molar-refractivity contribution in [1.29, 1.82) is 0 Å². The second-order valence-corrected chi connectivity index (χ2v) is 5.61. The molecule has 0 radical (unpaired) electrons. The van der Waals surface area contributed by atoms with E-state index in [1.54, 1.807) is 18.2 Å². The van der Waals surface area contributed by atoms with Gasteiger partial charge in [-0.15, -0.1) is 0 Å². The van der Waals surface area contributed by atoms with Crippen LogP contribution in [0.5, 0.6) is 11.5 Å². The molecule has 134 valence electrons. The SMILES string of the molecule is CC[C@H](C)Nc1nc(Nc2ccc3c(c2)OCO3)cc(C(F)(F)F)n1. The van der Waals surface area contributed by atoms with Gasteiger partial charge in [0.15, 0.2) is 17.2 Å². The Balaban J connectivity index is 1.90. The van der Waals surface area contributed by atoms with Crippen molar-refractivity contribution in [3.8, 4) is 11.5 Å². The van der Waals surface area contributed by atoms with Crippen LogP contribution in [0.25, 0.3) is 0 Å². The van der Waals surface area contributed by atoms with Gasteiger partial charge in [0.25, 0.3) is 0 Å². The Labute approximate surface area is 142 Å². The van der Waals surface area contributed by atoms with E-state index in [0.29, 0.717) is 17.2 Å². The molecule has 9 heteroatoms. The van der Waals surface area contributed by atoms with Gasteiger partial charge < -0.3 is 20.1 Å². The summed E-state index contributed by atoms with van der Waals surface area (Å²) < 4.78 is 49.8. The molecule has 25 heavy (non-hydrogen) atoms.